The van der Waals surface area contributed by atoms with Gasteiger partial charge >= 0.3 is 0 Å². The Balaban J connectivity index is 1.90. The van der Waals surface area contributed by atoms with Crippen molar-refractivity contribution in [2.75, 3.05) is 39.3 Å². The van der Waals surface area contributed by atoms with Crippen LogP contribution in [-0.4, -0.2) is 50.1 Å². The molecule has 1 aliphatic rings. The number of hydrogen-bond acceptors (Lipinski definition) is 3. The molecule has 4 heteroatoms. The molecule has 0 aromatic carbocycles. The van der Waals surface area contributed by atoms with E-state index in [4.69, 9.17) is 0 Å². The first-order chi connectivity index (χ1) is 8.33. The average molecular weight is 241 g/mol. The van der Waals surface area contributed by atoms with Crippen LogP contribution in [0.2, 0.25) is 0 Å². The Labute approximate surface area is 105 Å². The summed E-state index contributed by atoms with van der Waals surface area (Å²) in [6.07, 6.45) is 5.13. The van der Waals surface area contributed by atoms with Crippen molar-refractivity contribution in [3.8, 4) is 0 Å². The van der Waals surface area contributed by atoms with Crippen LogP contribution in [0.5, 0.6) is 0 Å². The van der Waals surface area contributed by atoms with Gasteiger partial charge in [-0.25, -0.2) is 0 Å². The molecule has 0 aromatic rings. The van der Waals surface area contributed by atoms with Crippen LogP contribution in [0.3, 0.4) is 0 Å². The molecular weight excluding hydrogens is 214 g/mol. The molecule has 0 saturated carbocycles. The average Bonchev–Trinajstić information content (AvgIpc) is 2.36. The lowest BCUT2D eigenvalue weighted by atomic mass is 10.2. The highest BCUT2D eigenvalue weighted by molar-refractivity contribution is 5.75. The summed E-state index contributed by atoms with van der Waals surface area (Å²) in [4.78, 5) is 13.9. The summed E-state index contributed by atoms with van der Waals surface area (Å²) in [5.74, 6) is 0.221. The Morgan fingerprint density at radius 3 is 2.71 bits per heavy atom. The molecular formula is C13H27N3O. The summed E-state index contributed by atoms with van der Waals surface area (Å²) >= 11 is 0. The highest BCUT2D eigenvalue weighted by Crippen LogP contribution is 1.98. The topological polar surface area (TPSA) is 44.4 Å². The highest BCUT2D eigenvalue weighted by atomic mass is 16.1. The highest BCUT2D eigenvalue weighted by Gasteiger charge is 2.08. The van der Waals surface area contributed by atoms with Gasteiger partial charge in [-0.05, 0) is 19.4 Å². The number of hydrogen-bond donors (Lipinski definition) is 2. The van der Waals surface area contributed by atoms with Crippen LogP contribution >= 0.6 is 0 Å². The van der Waals surface area contributed by atoms with E-state index in [2.05, 4.69) is 22.5 Å². The summed E-state index contributed by atoms with van der Waals surface area (Å²) in [7, 11) is 0. The third-order valence-corrected chi connectivity index (χ3v) is 3.19. The molecule has 100 valence electrons. The van der Waals surface area contributed by atoms with E-state index >= 15 is 0 Å². The lowest BCUT2D eigenvalue weighted by Gasteiger charge is -2.27. The van der Waals surface area contributed by atoms with Crippen molar-refractivity contribution in [3.05, 3.63) is 0 Å². The van der Waals surface area contributed by atoms with Gasteiger partial charge in [0.15, 0.2) is 0 Å². The predicted molar refractivity (Wildman–Crippen MR) is 71.1 cm³/mol. The predicted octanol–water partition coefficient (Wildman–Crippen LogP) is 0.978. The number of rotatable bonds is 8. The first-order valence-electron chi connectivity index (χ1n) is 7.02. The third-order valence-electron chi connectivity index (χ3n) is 3.19. The molecule has 1 aliphatic heterocycles. The smallest absolute Gasteiger partial charge is 0.219 e. The second-order valence-corrected chi connectivity index (χ2v) is 4.75. The Kier molecular flexibility index (Phi) is 8.01. The summed E-state index contributed by atoms with van der Waals surface area (Å²) in [6.45, 7) is 8.58. The van der Waals surface area contributed by atoms with Crippen molar-refractivity contribution in [1.29, 1.82) is 0 Å². The minimum atomic E-state index is 0.221. The van der Waals surface area contributed by atoms with Gasteiger partial charge in [-0.15, -0.1) is 0 Å². The van der Waals surface area contributed by atoms with E-state index in [1.807, 2.05) is 0 Å². The van der Waals surface area contributed by atoms with Crippen LogP contribution in [0, 0.1) is 0 Å². The van der Waals surface area contributed by atoms with Gasteiger partial charge in [-0.3, -0.25) is 4.79 Å². The summed E-state index contributed by atoms with van der Waals surface area (Å²) < 4.78 is 0. The van der Waals surface area contributed by atoms with E-state index in [0.29, 0.717) is 6.42 Å². The van der Waals surface area contributed by atoms with E-state index in [0.717, 1.165) is 58.5 Å². The van der Waals surface area contributed by atoms with Gasteiger partial charge in [0.1, 0.15) is 0 Å². The molecule has 1 rings (SSSR count). The maximum atomic E-state index is 11.4. The van der Waals surface area contributed by atoms with Gasteiger partial charge in [0, 0.05) is 39.1 Å². The zero-order valence-corrected chi connectivity index (χ0v) is 11.1. The standard InChI is InChI=1S/C13H27N3O/c1-2-3-4-6-13(17)15-7-5-10-16-11-8-14-9-12-16/h14H,2-12H2,1H3,(H,15,17). The normalized spacial score (nSPS) is 17.0. The fourth-order valence-corrected chi connectivity index (χ4v) is 2.09. The quantitative estimate of drug-likeness (QED) is 0.623. The van der Waals surface area contributed by atoms with E-state index in [1.165, 1.54) is 6.42 Å². The van der Waals surface area contributed by atoms with E-state index in [1.54, 1.807) is 0 Å². The van der Waals surface area contributed by atoms with Crippen LogP contribution in [0.25, 0.3) is 0 Å². The molecule has 4 nitrogen and oxygen atoms in total. The van der Waals surface area contributed by atoms with Gasteiger partial charge < -0.3 is 15.5 Å². The molecule has 0 unspecified atom stereocenters. The minimum absolute atomic E-state index is 0.221. The third kappa shape index (κ3) is 7.34. The first kappa shape index (κ1) is 14.5. The molecule has 0 aromatic heterocycles. The van der Waals surface area contributed by atoms with Crippen molar-refractivity contribution in [1.82, 2.24) is 15.5 Å². The second-order valence-electron chi connectivity index (χ2n) is 4.75. The maximum absolute atomic E-state index is 11.4. The summed E-state index contributed by atoms with van der Waals surface area (Å²) in [5.41, 5.74) is 0. The van der Waals surface area contributed by atoms with Crippen molar-refractivity contribution in [2.45, 2.75) is 39.0 Å². The molecule has 0 atom stereocenters. The molecule has 17 heavy (non-hydrogen) atoms. The first-order valence-corrected chi connectivity index (χ1v) is 7.02. The SMILES string of the molecule is CCCCCC(=O)NCCCN1CCNCC1. The van der Waals surface area contributed by atoms with E-state index in [-0.39, 0.29) is 5.91 Å². The van der Waals surface area contributed by atoms with Gasteiger partial charge in [0.2, 0.25) is 5.91 Å². The fourth-order valence-electron chi connectivity index (χ4n) is 2.09. The fraction of sp³-hybridized carbons (Fsp3) is 0.923. The number of carbonyl (C=O) groups excluding carboxylic acids is 1. The molecule has 2 N–H and O–H groups in total. The van der Waals surface area contributed by atoms with E-state index < -0.39 is 0 Å². The molecule has 1 heterocycles. The Morgan fingerprint density at radius 1 is 1.24 bits per heavy atom. The molecule has 1 amide bonds. The van der Waals surface area contributed by atoms with Gasteiger partial charge in [-0.2, -0.15) is 0 Å². The van der Waals surface area contributed by atoms with Crippen molar-refractivity contribution in [3.63, 3.8) is 0 Å². The maximum Gasteiger partial charge on any atom is 0.219 e. The van der Waals surface area contributed by atoms with Gasteiger partial charge in [0.25, 0.3) is 0 Å². The zero-order valence-electron chi connectivity index (χ0n) is 11.1. The summed E-state index contributed by atoms with van der Waals surface area (Å²) in [6, 6.07) is 0. The van der Waals surface area contributed by atoms with Crippen LogP contribution in [0.1, 0.15) is 39.0 Å². The molecule has 0 spiro atoms. The van der Waals surface area contributed by atoms with Gasteiger partial charge in [-0.1, -0.05) is 19.8 Å². The minimum Gasteiger partial charge on any atom is -0.356 e. The molecule has 0 bridgehead atoms. The molecule has 1 fully saturated rings. The Morgan fingerprint density at radius 2 is 2.00 bits per heavy atom. The van der Waals surface area contributed by atoms with Crippen LogP contribution < -0.4 is 10.6 Å². The van der Waals surface area contributed by atoms with Crippen LogP contribution in [0.15, 0.2) is 0 Å². The lowest BCUT2D eigenvalue weighted by molar-refractivity contribution is -0.121. The largest absolute Gasteiger partial charge is 0.356 e. The second kappa shape index (κ2) is 9.42. The van der Waals surface area contributed by atoms with Crippen molar-refractivity contribution >= 4 is 5.91 Å². The molecule has 0 aliphatic carbocycles. The van der Waals surface area contributed by atoms with Gasteiger partial charge in [0.05, 0.1) is 0 Å². The Bertz CT molecular complexity index is 203. The molecule has 1 saturated heterocycles. The van der Waals surface area contributed by atoms with Crippen LogP contribution in [0.4, 0.5) is 0 Å². The zero-order chi connectivity index (χ0) is 12.3. The van der Waals surface area contributed by atoms with Crippen LogP contribution in [-0.2, 0) is 4.79 Å². The van der Waals surface area contributed by atoms with E-state index in [9.17, 15) is 4.79 Å². The summed E-state index contributed by atoms with van der Waals surface area (Å²) in [5, 5.41) is 6.34. The number of amides is 1. The monoisotopic (exact) mass is 241 g/mol. The number of unbranched alkanes of at least 4 members (excludes halogenated alkanes) is 2. The van der Waals surface area contributed by atoms with Crippen molar-refractivity contribution in [2.24, 2.45) is 0 Å². The number of nitrogens with one attached hydrogen (secondary N) is 2. The number of nitrogens with zero attached hydrogens (tertiary/aromatic N) is 1. The molecule has 0 radical (unpaired) electrons. The Hall–Kier alpha value is -0.610. The number of piperazine rings is 1. The number of carbonyl (C=O) groups is 1. The van der Waals surface area contributed by atoms with Crippen molar-refractivity contribution < 1.29 is 4.79 Å². The lowest BCUT2D eigenvalue weighted by Crippen LogP contribution is -2.44.